The van der Waals surface area contributed by atoms with Gasteiger partial charge in [0.1, 0.15) is 5.82 Å². The van der Waals surface area contributed by atoms with E-state index in [0.29, 0.717) is 18.3 Å². The second-order valence-corrected chi connectivity index (χ2v) is 9.77. The zero-order valence-electron chi connectivity index (χ0n) is 18.1. The summed E-state index contributed by atoms with van der Waals surface area (Å²) in [6, 6.07) is 15.5. The SMILES string of the molecule is CN(C)C(c1cccc(F)c1)C1CCC(Cc2nc(Cc3ccc(Br)cc3)no2)CC1. The van der Waals surface area contributed by atoms with Gasteiger partial charge < -0.3 is 9.42 Å². The third-order valence-corrected chi connectivity index (χ3v) is 6.86. The predicted octanol–water partition coefficient (Wildman–Crippen LogP) is 6.21. The quantitative estimate of drug-likeness (QED) is 0.398. The van der Waals surface area contributed by atoms with Crippen molar-refractivity contribution in [2.24, 2.45) is 11.8 Å². The number of nitrogens with zero attached hydrogens (tertiary/aromatic N) is 3. The molecule has 0 saturated heterocycles. The predicted molar refractivity (Wildman–Crippen MR) is 123 cm³/mol. The van der Waals surface area contributed by atoms with Gasteiger partial charge in [0, 0.05) is 23.4 Å². The molecule has 1 heterocycles. The Kier molecular flexibility index (Phi) is 7.18. The molecule has 0 amide bonds. The van der Waals surface area contributed by atoms with Crippen LogP contribution in [0.25, 0.3) is 0 Å². The van der Waals surface area contributed by atoms with Crippen LogP contribution in [0, 0.1) is 17.7 Å². The van der Waals surface area contributed by atoms with Gasteiger partial charge in [0.05, 0.1) is 0 Å². The van der Waals surface area contributed by atoms with E-state index in [4.69, 9.17) is 4.52 Å². The van der Waals surface area contributed by atoms with Crippen LogP contribution in [0.2, 0.25) is 0 Å². The van der Waals surface area contributed by atoms with Gasteiger partial charge in [-0.05, 0) is 87.0 Å². The molecule has 4 rings (SSSR count). The Balaban J connectivity index is 1.33. The Labute approximate surface area is 192 Å². The second-order valence-electron chi connectivity index (χ2n) is 8.86. The number of halogens is 2. The molecule has 31 heavy (non-hydrogen) atoms. The lowest BCUT2D eigenvalue weighted by Gasteiger charge is -2.37. The van der Waals surface area contributed by atoms with E-state index < -0.39 is 0 Å². The van der Waals surface area contributed by atoms with Crippen LogP contribution in [0.3, 0.4) is 0 Å². The summed E-state index contributed by atoms with van der Waals surface area (Å²) < 4.78 is 20.4. The number of benzene rings is 2. The molecule has 0 bridgehead atoms. The van der Waals surface area contributed by atoms with Gasteiger partial charge in [-0.25, -0.2) is 4.39 Å². The molecule has 164 valence electrons. The molecule has 0 N–H and O–H groups in total. The molecule has 4 nitrogen and oxygen atoms in total. The van der Waals surface area contributed by atoms with Gasteiger partial charge in [0.25, 0.3) is 0 Å². The normalized spacial score (nSPS) is 20.2. The summed E-state index contributed by atoms with van der Waals surface area (Å²) in [5, 5.41) is 4.17. The Morgan fingerprint density at radius 3 is 2.52 bits per heavy atom. The van der Waals surface area contributed by atoms with Crippen LogP contribution in [0.15, 0.2) is 57.5 Å². The van der Waals surface area contributed by atoms with Crippen molar-refractivity contribution in [3.05, 3.63) is 81.7 Å². The van der Waals surface area contributed by atoms with Crippen LogP contribution in [0.5, 0.6) is 0 Å². The molecule has 0 radical (unpaired) electrons. The second kappa shape index (κ2) is 10.0. The fourth-order valence-corrected chi connectivity index (χ4v) is 5.13. The van der Waals surface area contributed by atoms with Gasteiger partial charge in [-0.2, -0.15) is 4.98 Å². The molecule has 1 aliphatic carbocycles. The smallest absolute Gasteiger partial charge is 0.226 e. The number of hydrogen-bond donors (Lipinski definition) is 0. The average Bonchev–Trinajstić information content (AvgIpc) is 3.18. The summed E-state index contributed by atoms with van der Waals surface area (Å²) in [5.74, 6) is 2.42. The van der Waals surface area contributed by atoms with Crippen LogP contribution < -0.4 is 0 Å². The Hall–Kier alpha value is -2.05. The van der Waals surface area contributed by atoms with Crippen molar-refractivity contribution in [1.29, 1.82) is 0 Å². The fourth-order valence-electron chi connectivity index (χ4n) is 4.87. The van der Waals surface area contributed by atoms with E-state index in [9.17, 15) is 4.39 Å². The highest BCUT2D eigenvalue weighted by atomic mass is 79.9. The maximum Gasteiger partial charge on any atom is 0.226 e. The van der Waals surface area contributed by atoms with Gasteiger partial charge in [-0.3, -0.25) is 0 Å². The van der Waals surface area contributed by atoms with Gasteiger partial charge >= 0.3 is 0 Å². The monoisotopic (exact) mass is 485 g/mol. The minimum absolute atomic E-state index is 0.159. The van der Waals surface area contributed by atoms with Crippen molar-refractivity contribution in [1.82, 2.24) is 15.0 Å². The largest absolute Gasteiger partial charge is 0.339 e. The number of rotatable bonds is 7. The van der Waals surface area contributed by atoms with E-state index in [1.54, 1.807) is 6.07 Å². The van der Waals surface area contributed by atoms with E-state index in [2.05, 4.69) is 57.2 Å². The minimum Gasteiger partial charge on any atom is -0.339 e. The summed E-state index contributed by atoms with van der Waals surface area (Å²) in [5.41, 5.74) is 2.24. The molecular formula is C25H29BrFN3O. The van der Waals surface area contributed by atoms with Crippen LogP contribution in [0.1, 0.15) is 54.6 Å². The first-order chi connectivity index (χ1) is 15.0. The van der Waals surface area contributed by atoms with Crippen LogP contribution in [-0.4, -0.2) is 29.1 Å². The summed E-state index contributed by atoms with van der Waals surface area (Å²) in [4.78, 5) is 6.85. The zero-order valence-corrected chi connectivity index (χ0v) is 19.7. The lowest BCUT2D eigenvalue weighted by Crippen LogP contribution is -2.30. The summed E-state index contributed by atoms with van der Waals surface area (Å²) in [7, 11) is 4.18. The highest BCUT2D eigenvalue weighted by molar-refractivity contribution is 9.10. The molecule has 1 unspecified atom stereocenters. The first kappa shape index (κ1) is 22.2. The molecule has 2 aromatic carbocycles. The maximum atomic E-state index is 13.8. The summed E-state index contributed by atoms with van der Waals surface area (Å²) in [6.07, 6.45) is 6.05. The number of hydrogen-bond acceptors (Lipinski definition) is 4. The molecule has 1 atom stereocenters. The summed E-state index contributed by atoms with van der Waals surface area (Å²) in [6.45, 7) is 0. The molecule has 0 spiro atoms. The highest BCUT2D eigenvalue weighted by Crippen LogP contribution is 2.40. The van der Waals surface area contributed by atoms with Crippen molar-refractivity contribution < 1.29 is 8.91 Å². The minimum atomic E-state index is -0.159. The molecule has 1 fully saturated rings. The molecule has 0 aliphatic heterocycles. The van der Waals surface area contributed by atoms with E-state index in [-0.39, 0.29) is 11.9 Å². The van der Waals surface area contributed by atoms with Crippen LogP contribution >= 0.6 is 15.9 Å². The molecule has 6 heteroatoms. The van der Waals surface area contributed by atoms with E-state index in [1.165, 1.54) is 11.6 Å². The Morgan fingerprint density at radius 2 is 1.84 bits per heavy atom. The van der Waals surface area contributed by atoms with Gasteiger partial charge in [-0.1, -0.05) is 45.4 Å². The lowest BCUT2D eigenvalue weighted by atomic mass is 9.75. The lowest BCUT2D eigenvalue weighted by molar-refractivity contribution is 0.145. The first-order valence-corrected chi connectivity index (χ1v) is 11.7. The van der Waals surface area contributed by atoms with Crippen molar-refractivity contribution in [2.75, 3.05) is 14.1 Å². The van der Waals surface area contributed by atoms with Crippen molar-refractivity contribution in [2.45, 2.75) is 44.6 Å². The molecule has 1 aromatic heterocycles. The third-order valence-electron chi connectivity index (χ3n) is 6.33. The van der Waals surface area contributed by atoms with Crippen molar-refractivity contribution in [3.8, 4) is 0 Å². The highest BCUT2D eigenvalue weighted by Gasteiger charge is 2.31. The van der Waals surface area contributed by atoms with E-state index >= 15 is 0 Å². The van der Waals surface area contributed by atoms with E-state index in [1.807, 2.05) is 24.3 Å². The number of aromatic nitrogens is 2. The standard InChI is InChI=1S/C25H29BrFN3O/c1-30(2)25(20-4-3-5-22(27)16-20)19-10-6-18(7-11-19)15-24-28-23(29-31-24)14-17-8-12-21(26)13-9-17/h3-5,8-9,12-13,16,18-19,25H,6-7,10-11,14-15H2,1-2H3. The molecule has 1 saturated carbocycles. The molecule has 3 aromatic rings. The fraction of sp³-hybridized carbons (Fsp3) is 0.440. The Morgan fingerprint density at radius 1 is 1.10 bits per heavy atom. The topological polar surface area (TPSA) is 42.2 Å². The molecule has 1 aliphatic rings. The maximum absolute atomic E-state index is 13.8. The third kappa shape index (κ3) is 5.80. The van der Waals surface area contributed by atoms with Crippen molar-refractivity contribution in [3.63, 3.8) is 0 Å². The van der Waals surface area contributed by atoms with Gasteiger partial charge in [0.2, 0.25) is 5.89 Å². The van der Waals surface area contributed by atoms with Gasteiger partial charge in [0.15, 0.2) is 5.82 Å². The summed E-state index contributed by atoms with van der Waals surface area (Å²) >= 11 is 3.46. The van der Waals surface area contributed by atoms with Crippen LogP contribution in [-0.2, 0) is 12.8 Å². The van der Waals surface area contributed by atoms with Crippen LogP contribution in [0.4, 0.5) is 4.39 Å². The molecular weight excluding hydrogens is 457 g/mol. The van der Waals surface area contributed by atoms with Crippen molar-refractivity contribution >= 4 is 15.9 Å². The van der Waals surface area contributed by atoms with E-state index in [0.717, 1.165) is 53.9 Å². The van der Waals surface area contributed by atoms with Gasteiger partial charge in [-0.15, -0.1) is 0 Å². The Bertz CT molecular complexity index is 980. The zero-order chi connectivity index (χ0) is 21.8. The average molecular weight is 486 g/mol. The first-order valence-electron chi connectivity index (χ1n) is 11.0.